The fourth-order valence-electron chi connectivity index (χ4n) is 2.52. The van der Waals surface area contributed by atoms with Crippen molar-refractivity contribution in [3.63, 3.8) is 0 Å². The highest BCUT2D eigenvalue weighted by molar-refractivity contribution is 7.91. The van der Waals surface area contributed by atoms with Crippen LogP contribution in [-0.4, -0.2) is 36.9 Å². The van der Waals surface area contributed by atoms with Crippen molar-refractivity contribution in [3.8, 4) is 0 Å². The van der Waals surface area contributed by atoms with Gasteiger partial charge in [-0.25, -0.2) is 13.4 Å². The van der Waals surface area contributed by atoms with Crippen LogP contribution in [0.3, 0.4) is 0 Å². The molecule has 0 spiro atoms. The molecule has 0 saturated carbocycles. The molecule has 1 aromatic carbocycles. The smallest absolute Gasteiger partial charge is 0.274 e. The number of anilines is 2. The number of sulfone groups is 1. The molecule has 24 heavy (non-hydrogen) atoms. The minimum atomic E-state index is -2.93. The Morgan fingerprint density at radius 2 is 2.04 bits per heavy atom. The predicted octanol–water partition coefficient (Wildman–Crippen LogP) is 2.59. The quantitative estimate of drug-likeness (QED) is 0.869. The molecule has 1 aliphatic rings. The zero-order valence-electron chi connectivity index (χ0n) is 12.7. The maximum Gasteiger partial charge on any atom is 0.274 e. The SMILES string of the molecule is O=C(Nc1cccc(Cl)c1)c1ccc(NC2CCS(=O)(=O)C2)cn1. The van der Waals surface area contributed by atoms with Gasteiger partial charge in [0.1, 0.15) is 5.69 Å². The number of carbonyl (C=O) groups is 1. The summed E-state index contributed by atoms with van der Waals surface area (Å²) >= 11 is 5.88. The Bertz CT molecular complexity index is 853. The maximum atomic E-state index is 12.1. The van der Waals surface area contributed by atoms with Crippen LogP contribution in [0.4, 0.5) is 11.4 Å². The fraction of sp³-hybridized carbons (Fsp3) is 0.250. The van der Waals surface area contributed by atoms with E-state index in [2.05, 4.69) is 15.6 Å². The molecule has 2 heterocycles. The highest BCUT2D eigenvalue weighted by atomic mass is 35.5. The standard InChI is InChI=1S/C16H16ClN3O3S/c17-11-2-1-3-12(8-11)20-16(21)15-5-4-13(9-18-15)19-14-6-7-24(22,23)10-14/h1-5,8-9,14,19H,6-7,10H2,(H,20,21). The van der Waals surface area contributed by atoms with Gasteiger partial charge in [0.05, 0.1) is 23.4 Å². The molecule has 1 amide bonds. The van der Waals surface area contributed by atoms with Crippen molar-refractivity contribution in [2.24, 2.45) is 0 Å². The lowest BCUT2D eigenvalue weighted by molar-refractivity contribution is 0.102. The Morgan fingerprint density at radius 3 is 2.67 bits per heavy atom. The molecule has 1 aliphatic heterocycles. The molecule has 1 saturated heterocycles. The van der Waals surface area contributed by atoms with Gasteiger partial charge in [-0.15, -0.1) is 0 Å². The van der Waals surface area contributed by atoms with E-state index in [1.54, 1.807) is 36.4 Å². The van der Waals surface area contributed by atoms with Crippen molar-refractivity contribution in [1.29, 1.82) is 0 Å². The molecule has 1 fully saturated rings. The van der Waals surface area contributed by atoms with Gasteiger partial charge in [0.25, 0.3) is 5.91 Å². The van der Waals surface area contributed by atoms with E-state index in [4.69, 9.17) is 11.6 Å². The molecule has 2 aromatic rings. The van der Waals surface area contributed by atoms with Gasteiger partial charge in [0, 0.05) is 16.8 Å². The minimum absolute atomic E-state index is 0.108. The number of aromatic nitrogens is 1. The Hall–Kier alpha value is -2.12. The van der Waals surface area contributed by atoms with Crippen LogP contribution >= 0.6 is 11.6 Å². The summed E-state index contributed by atoms with van der Waals surface area (Å²) in [7, 11) is -2.93. The highest BCUT2D eigenvalue weighted by Gasteiger charge is 2.27. The summed E-state index contributed by atoms with van der Waals surface area (Å²) < 4.78 is 22.9. The van der Waals surface area contributed by atoms with Crippen molar-refractivity contribution < 1.29 is 13.2 Å². The average Bonchev–Trinajstić information content (AvgIpc) is 2.87. The van der Waals surface area contributed by atoms with Crippen LogP contribution < -0.4 is 10.6 Å². The fourth-order valence-corrected chi connectivity index (χ4v) is 4.38. The molecule has 0 radical (unpaired) electrons. The van der Waals surface area contributed by atoms with Crippen molar-refractivity contribution >= 4 is 38.7 Å². The monoisotopic (exact) mass is 365 g/mol. The molecule has 3 rings (SSSR count). The van der Waals surface area contributed by atoms with Crippen molar-refractivity contribution in [2.45, 2.75) is 12.5 Å². The van der Waals surface area contributed by atoms with E-state index in [1.807, 2.05) is 0 Å². The Balaban J connectivity index is 1.62. The second-order valence-corrected chi connectivity index (χ2v) is 8.31. The van der Waals surface area contributed by atoms with E-state index in [-0.39, 0.29) is 29.1 Å². The molecular formula is C16H16ClN3O3S. The number of carbonyl (C=O) groups excluding carboxylic acids is 1. The van der Waals surface area contributed by atoms with Gasteiger partial charge in [-0.1, -0.05) is 17.7 Å². The topological polar surface area (TPSA) is 88.2 Å². The van der Waals surface area contributed by atoms with Crippen LogP contribution in [0.15, 0.2) is 42.6 Å². The molecule has 8 heteroatoms. The normalized spacial score (nSPS) is 19.0. The lowest BCUT2D eigenvalue weighted by Crippen LogP contribution is -2.21. The summed E-state index contributed by atoms with van der Waals surface area (Å²) in [6.07, 6.45) is 2.11. The van der Waals surface area contributed by atoms with E-state index < -0.39 is 9.84 Å². The lowest BCUT2D eigenvalue weighted by atomic mass is 10.2. The van der Waals surface area contributed by atoms with Crippen LogP contribution in [0.2, 0.25) is 5.02 Å². The van der Waals surface area contributed by atoms with Crippen LogP contribution in [0, 0.1) is 0 Å². The third kappa shape index (κ3) is 4.24. The van der Waals surface area contributed by atoms with Gasteiger partial charge in [-0.05, 0) is 36.8 Å². The molecule has 1 aromatic heterocycles. The van der Waals surface area contributed by atoms with E-state index in [9.17, 15) is 13.2 Å². The average molecular weight is 366 g/mol. The molecule has 1 atom stereocenters. The molecular weight excluding hydrogens is 350 g/mol. The molecule has 2 N–H and O–H groups in total. The van der Waals surface area contributed by atoms with E-state index in [0.717, 1.165) is 0 Å². The van der Waals surface area contributed by atoms with E-state index >= 15 is 0 Å². The first-order valence-electron chi connectivity index (χ1n) is 7.41. The summed E-state index contributed by atoms with van der Waals surface area (Å²) in [4.78, 5) is 16.3. The van der Waals surface area contributed by atoms with Gasteiger partial charge in [-0.2, -0.15) is 0 Å². The van der Waals surface area contributed by atoms with Crippen molar-refractivity contribution in [3.05, 3.63) is 53.3 Å². The van der Waals surface area contributed by atoms with Gasteiger partial charge in [0.15, 0.2) is 9.84 Å². The van der Waals surface area contributed by atoms with Gasteiger partial charge >= 0.3 is 0 Å². The lowest BCUT2D eigenvalue weighted by Gasteiger charge is -2.12. The number of nitrogens with one attached hydrogen (secondary N) is 2. The first-order valence-corrected chi connectivity index (χ1v) is 9.61. The van der Waals surface area contributed by atoms with Gasteiger partial charge in [0.2, 0.25) is 0 Å². The van der Waals surface area contributed by atoms with Crippen LogP contribution in [0.5, 0.6) is 0 Å². The van der Waals surface area contributed by atoms with Crippen LogP contribution in [0.1, 0.15) is 16.9 Å². The number of hydrogen-bond donors (Lipinski definition) is 2. The first-order chi connectivity index (χ1) is 11.4. The number of halogens is 1. The number of benzene rings is 1. The van der Waals surface area contributed by atoms with Gasteiger partial charge < -0.3 is 10.6 Å². The van der Waals surface area contributed by atoms with E-state index in [0.29, 0.717) is 22.8 Å². The van der Waals surface area contributed by atoms with E-state index in [1.165, 1.54) is 6.20 Å². The number of hydrogen-bond acceptors (Lipinski definition) is 5. The Morgan fingerprint density at radius 1 is 1.21 bits per heavy atom. The van der Waals surface area contributed by atoms with Crippen molar-refractivity contribution in [2.75, 3.05) is 22.1 Å². The summed E-state index contributed by atoms with van der Waals surface area (Å²) in [6, 6.07) is 10.0. The minimum Gasteiger partial charge on any atom is -0.380 e. The van der Waals surface area contributed by atoms with Crippen LogP contribution in [-0.2, 0) is 9.84 Å². The number of pyridine rings is 1. The maximum absolute atomic E-state index is 12.1. The van der Waals surface area contributed by atoms with Crippen LogP contribution in [0.25, 0.3) is 0 Å². The summed E-state index contributed by atoms with van der Waals surface area (Å²) in [5.74, 6) is -0.00496. The molecule has 0 bridgehead atoms. The first kappa shape index (κ1) is 16.7. The summed E-state index contributed by atoms with van der Waals surface area (Å²) in [5, 5.41) is 6.38. The molecule has 6 nitrogen and oxygen atoms in total. The van der Waals surface area contributed by atoms with Gasteiger partial charge in [-0.3, -0.25) is 4.79 Å². The molecule has 126 valence electrons. The molecule has 0 aliphatic carbocycles. The molecule has 1 unspecified atom stereocenters. The number of rotatable bonds is 4. The summed E-state index contributed by atoms with van der Waals surface area (Å²) in [5.41, 5.74) is 1.55. The van der Waals surface area contributed by atoms with Crippen molar-refractivity contribution in [1.82, 2.24) is 4.98 Å². The second-order valence-electron chi connectivity index (χ2n) is 5.64. The zero-order chi connectivity index (χ0) is 17.2. The number of nitrogens with zero attached hydrogens (tertiary/aromatic N) is 1. The predicted molar refractivity (Wildman–Crippen MR) is 94.3 cm³/mol. The number of amides is 1. The third-order valence-corrected chi connectivity index (χ3v) is 5.68. The Kier molecular flexibility index (Phi) is 4.73. The Labute approximate surface area is 145 Å². The third-order valence-electron chi connectivity index (χ3n) is 3.68. The summed E-state index contributed by atoms with van der Waals surface area (Å²) in [6.45, 7) is 0. The largest absolute Gasteiger partial charge is 0.380 e. The second kappa shape index (κ2) is 6.78. The zero-order valence-corrected chi connectivity index (χ0v) is 14.3. The highest BCUT2D eigenvalue weighted by Crippen LogP contribution is 2.18.